The number of rotatable bonds is 4. The number of aromatic nitrogens is 2. The van der Waals surface area contributed by atoms with Gasteiger partial charge >= 0.3 is 0 Å². The minimum atomic E-state index is -0.274. The maximum Gasteiger partial charge on any atom is 0.149 e. The van der Waals surface area contributed by atoms with E-state index in [1.54, 1.807) is 18.5 Å². The molecule has 2 aromatic heterocycles. The molecule has 3 rings (SSSR count). The lowest BCUT2D eigenvalue weighted by atomic mass is 10.1. The Kier molecular flexibility index (Phi) is 4.11. The van der Waals surface area contributed by atoms with Crippen molar-refractivity contribution in [2.75, 3.05) is 7.05 Å². The van der Waals surface area contributed by atoms with Crippen LogP contribution in [-0.2, 0) is 6.54 Å². The quantitative estimate of drug-likeness (QED) is 0.729. The van der Waals surface area contributed by atoms with Crippen LogP contribution >= 0.6 is 0 Å². The fourth-order valence-corrected chi connectivity index (χ4v) is 2.53. The van der Waals surface area contributed by atoms with E-state index >= 15 is 0 Å². The van der Waals surface area contributed by atoms with Gasteiger partial charge in [0.05, 0.1) is 5.69 Å². The normalized spacial score (nSPS) is 12.7. The van der Waals surface area contributed by atoms with Crippen molar-refractivity contribution in [3.05, 3.63) is 71.9 Å². The van der Waals surface area contributed by atoms with Crippen LogP contribution in [0.3, 0.4) is 0 Å². The maximum absolute atomic E-state index is 13.8. The lowest BCUT2D eigenvalue weighted by Gasteiger charge is -2.24. The van der Waals surface area contributed by atoms with Crippen LogP contribution in [0.5, 0.6) is 0 Å². The van der Waals surface area contributed by atoms with Crippen molar-refractivity contribution in [2.45, 2.75) is 19.5 Å². The first-order valence-electron chi connectivity index (χ1n) is 7.29. The molecule has 0 aliphatic carbocycles. The maximum atomic E-state index is 13.8. The van der Waals surface area contributed by atoms with Gasteiger partial charge in [0, 0.05) is 30.4 Å². The van der Waals surface area contributed by atoms with E-state index in [0.29, 0.717) is 12.1 Å². The van der Waals surface area contributed by atoms with Gasteiger partial charge in [-0.1, -0.05) is 18.2 Å². The van der Waals surface area contributed by atoms with Crippen LogP contribution in [0.4, 0.5) is 4.39 Å². The molecule has 0 saturated heterocycles. The van der Waals surface area contributed by atoms with Gasteiger partial charge in [-0.2, -0.15) is 0 Å². The zero-order chi connectivity index (χ0) is 15.5. The SMILES string of the molecule is CC(c1ccncc1)N(C)Cc1ccc2cccc(F)c2n1. The molecule has 3 aromatic rings. The Morgan fingerprint density at radius 1 is 1.09 bits per heavy atom. The van der Waals surface area contributed by atoms with Gasteiger partial charge in [-0.15, -0.1) is 0 Å². The summed E-state index contributed by atoms with van der Waals surface area (Å²) in [4.78, 5) is 10.7. The molecule has 22 heavy (non-hydrogen) atoms. The molecule has 0 fully saturated rings. The molecule has 4 heteroatoms. The molecule has 1 aromatic carbocycles. The van der Waals surface area contributed by atoms with Crippen LogP contribution in [0.2, 0.25) is 0 Å². The molecule has 0 radical (unpaired) electrons. The van der Waals surface area contributed by atoms with Gasteiger partial charge in [0.25, 0.3) is 0 Å². The van der Waals surface area contributed by atoms with Crippen molar-refractivity contribution >= 4 is 10.9 Å². The molecular formula is C18H18FN3. The van der Waals surface area contributed by atoms with E-state index in [2.05, 4.69) is 21.8 Å². The summed E-state index contributed by atoms with van der Waals surface area (Å²) in [5, 5.41) is 0.827. The molecule has 0 bridgehead atoms. The van der Waals surface area contributed by atoms with E-state index in [4.69, 9.17) is 0 Å². The highest BCUT2D eigenvalue weighted by atomic mass is 19.1. The molecule has 0 N–H and O–H groups in total. The summed E-state index contributed by atoms with van der Waals surface area (Å²) < 4.78 is 13.8. The van der Waals surface area contributed by atoms with E-state index in [1.807, 2.05) is 37.4 Å². The third-order valence-corrected chi connectivity index (χ3v) is 3.99. The van der Waals surface area contributed by atoms with Gasteiger partial charge in [0.2, 0.25) is 0 Å². The van der Waals surface area contributed by atoms with Gasteiger partial charge < -0.3 is 0 Å². The van der Waals surface area contributed by atoms with Crippen molar-refractivity contribution in [1.29, 1.82) is 0 Å². The van der Waals surface area contributed by atoms with Crippen molar-refractivity contribution in [1.82, 2.24) is 14.9 Å². The first-order chi connectivity index (χ1) is 10.6. The van der Waals surface area contributed by atoms with Crippen LogP contribution in [0.1, 0.15) is 24.2 Å². The van der Waals surface area contributed by atoms with Gasteiger partial charge in [-0.05, 0) is 43.8 Å². The highest BCUT2D eigenvalue weighted by molar-refractivity contribution is 5.79. The Morgan fingerprint density at radius 2 is 1.86 bits per heavy atom. The van der Waals surface area contributed by atoms with E-state index in [1.165, 1.54) is 11.6 Å². The second-order valence-electron chi connectivity index (χ2n) is 5.49. The van der Waals surface area contributed by atoms with Gasteiger partial charge in [-0.25, -0.2) is 9.37 Å². The fourth-order valence-electron chi connectivity index (χ4n) is 2.53. The second-order valence-corrected chi connectivity index (χ2v) is 5.49. The zero-order valence-electron chi connectivity index (χ0n) is 12.7. The first kappa shape index (κ1) is 14.6. The summed E-state index contributed by atoms with van der Waals surface area (Å²) in [5.41, 5.74) is 2.50. The van der Waals surface area contributed by atoms with Crippen LogP contribution in [0, 0.1) is 5.82 Å². The van der Waals surface area contributed by atoms with Crippen LogP contribution < -0.4 is 0 Å². The number of para-hydroxylation sites is 1. The summed E-state index contributed by atoms with van der Waals surface area (Å²) in [5.74, 6) is -0.274. The molecule has 112 valence electrons. The average molecular weight is 295 g/mol. The molecular weight excluding hydrogens is 277 g/mol. The summed E-state index contributed by atoms with van der Waals surface area (Å²) in [6.45, 7) is 2.80. The Bertz CT molecular complexity index is 774. The van der Waals surface area contributed by atoms with E-state index in [-0.39, 0.29) is 11.9 Å². The van der Waals surface area contributed by atoms with Crippen LogP contribution in [-0.4, -0.2) is 21.9 Å². The predicted octanol–water partition coefficient (Wildman–Crippen LogP) is 3.96. The number of pyridine rings is 2. The number of fused-ring (bicyclic) bond motifs is 1. The van der Waals surface area contributed by atoms with Gasteiger partial charge in [-0.3, -0.25) is 9.88 Å². The van der Waals surface area contributed by atoms with E-state index < -0.39 is 0 Å². The fraction of sp³-hybridized carbons (Fsp3) is 0.222. The molecule has 0 spiro atoms. The Balaban J connectivity index is 1.82. The molecule has 1 unspecified atom stereocenters. The highest BCUT2D eigenvalue weighted by Gasteiger charge is 2.13. The number of benzene rings is 1. The summed E-state index contributed by atoms with van der Waals surface area (Å²) in [6.07, 6.45) is 3.59. The third-order valence-electron chi connectivity index (χ3n) is 3.99. The van der Waals surface area contributed by atoms with Crippen molar-refractivity contribution < 1.29 is 4.39 Å². The average Bonchev–Trinajstić information content (AvgIpc) is 2.55. The smallest absolute Gasteiger partial charge is 0.149 e. The largest absolute Gasteiger partial charge is 0.294 e. The molecule has 0 aliphatic heterocycles. The molecule has 0 amide bonds. The third kappa shape index (κ3) is 2.97. The number of nitrogens with zero attached hydrogens (tertiary/aromatic N) is 3. The molecule has 0 saturated carbocycles. The zero-order valence-corrected chi connectivity index (χ0v) is 12.7. The summed E-state index contributed by atoms with van der Waals surface area (Å²) in [7, 11) is 2.04. The Labute approximate surface area is 129 Å². The van der Waals surface area contributed by atoms with Crippen molar-refractivity contribution in [3.63, 3.8) is 0 Å². The standard InChI is InChI=1S/C18H18FN3/c1-13(14-8-10-20-11-9-14)22(2)12-16-7-6-15-4-3-5-17(19)18(15)21-16/h3-11,13H,12H2,1-2H3. The number of halogens is 1. The van der Waals surface area contributed by atoms with E-state index in [9.17, 15) is 4.39 Å². The van der Waals surface area contributed by atoms with Gasteiger partial charge in [0.1, 0.15) is 11.3 Å². The number of hydrogen-bond acceptors (Lipinski definition) is 3. The predicted molar refractivity (Wildman–Crippen MR) is 85.8 cm³/mol. The van der Waals surface area contributed by atoms with Crippen molar-refractivity contribution in [2.24, 2.45) is 0 Å². The minimum absolute atomic E-state index is 0.237. The molecule has 1 atom stereocenters. The molecule has 2 heterocycles. The number of hydrogen-bond donors (Lipinski definition) is 0. The highest BCUT2D eigenvalue weighted by Crippen LogP contribution is 2.21. The first-order valence-corrected chi connectivity index (χ1v) is 7.29. The minimum Gasteiger partial charge on any atom is -0.294 e. The van der Waals surface area contributed by atoms with Crippen LogP contribution in [0.25, 0.3) is 10.9 Å². The molecule has 3 nitrogen and oxygen atoms in total. The summed E-state index contributed by atoms with van der Waals surface area (Å²) in [6, 6.07) is 13.2. The van der Waals surface area contributed by atoms with E-state index in [0.717, 1.165) is 11.1 Å². The van der Waals surface area contributed by atoms with Crippen LogP contribution in [0.15, 0.2) is 54.9 Å². The lowest BCUT2D eigenvalue weighted by molar-refractivity contribution is 0.250. The second kappa shape index (κ2) is 6.20. The lowest BCUT2D eigenvalue weighted by Crippen LogP contribution is -2.22. The topological polar surface area (TPSA) is 29.0 Å². The molecule has 0 aliphatic rings. The monoisotopic (exact) mass is 295 g/mol. The van der Waals surface area contributed by atoms with Gasteiger partial charge in [0.15, 0.2) is 0 Å². The Morgan fingerprint density at radius 3 is 2.64 bits per heavy atom. The summed E-state index contributed by atoms with van der Waals surface area (Å²) >= 11 is 0. The van der Waals surface area contributed by atoms with Crippen molar-refractivity contribution in [3.8, 4) is 0 Å². The Hall–Kier alpha value is -2.33.